The summed E-state index contributed by atoms with van der Waals surface area (Å²) in [5, 5.41) is 2.30. The van der Waals surface area contributed by atoms with E-state index in [0.29, 0.717) is 0 Å². The van der Waals surface area contributed by atoms with E-state index in [-0.39, 0.29) is 12.1 Å². The van der Waals surface area contributed by atoms with Crippen molar-refractivity contribution in [2.24, 2.45) is 0 Å². The number of rotatable bonds is 4. The molecule has 0 fully saturated rings. The number of halogens is 3. The molecule has 1 aromatic rings. The van der Waals surface area contributed by atoms with Crippen LogP contribution in [0.1, 0.15) is 15.9 Å². The summed E-state index contributed by atoms with van der Waals surface area (Å²) in [6.07, 6.45) is 0. The zero-order chi connectivity index (χ0) is 14.6. The Balaban J connectivity index is 2.80. The van der Waals surface area contributed by atoms with Crippen LogP contribution in [0, 0.1) is 18.6 Å². The highest BCUT2D eigenvalue weighted by Gasteiger charge is 2.21. The predicted octanol–water partition coefficient (Wildman–Crippen LogP) is 1.98. The molecule has 0 radical (unpaired) electrons. The standard InChI is InChI=1S/C12H12F2INO3/c1-6-3-4-7(13)9(10(6)14)11(17)16-5-8(15)12(18)19-2/h3-4,8H,5H2,1-2H3,(H,16,17). The second-order valence-electron chi connectivity index (χ2n) is 3.75. The maximum Gasteiger partial charge on any atom is 0.320 e. The molecule has 4 nitrogen and oxygen atoms in total. The molecular weight excluding hydrogens is 371 g/mol. The van der Waals surface area contributed by atoms with Crippen LogP contribution in [0.15, 0.2) is 12.1 Å². The first-order valence-electron chi connectivity index (χ1n) is 5.33. The van der Waals surface area contributed by atoms with E-state index < -0.39 is 33.0 Å². The molecule has 19 heavy (non-hydrogen) atoms. The predicted molar refractivity (Wildman–Crippen MR) is 73.3 cm³/mol. The summed E-state index contributed by atoms with van der Waals surface area (Å²) < 4.78 is 31.0. The summed E-state index contributed by atoms with van der Waals surface area (Å²) in [5.74, 6) is -3.26. The first-order valence-corrected chi connectivity index (χ1v) is 6.57. The Morgan fingerprint density at radius 1 is 1.42 bits per heavy atom. The van der Waals surface area contributed by atoms with Gasteiger partial charge in [0, 0.05) is 6.54 Å². The van der Waals surface area contributed by atoms with Gasteiger partial charge in [-0.05, 0) is 18.6 Å². The molecular formula is C12H12F2INO3. The van der Waals surface area contributed by atoms with Crippen molar-refractivity contribution < 1.29 is 23.1 Å². The fourth-order valence-corrected chi connectivity index (χ4v) is 1.82. The molecule has 1 amide bonds. The molecule has 0 bridgehead atoms. The zero-order valence-electron chi connectivity index (χ0n) is 10.3. The SMILES string of the molecule is COC(=O)C(I)CNC(=O)c1c(F)ccc(C)c1F. The van der Waals surface area contributed by atoms with Crippen LogP contribution in [-0.4, -0.2) is 29.5 Å². The molecule has 7 heteroatoms. The van der Waals surface area contributed by atoms with Crippen molar-refractivity contribution in [1.29, 1.82) is 0 Å². The average molecular weight is 383 g/mol. The highest BCUT2D eigenvalue weighted by atomic mass is 127. The first-order chi connectivity index (χ1) is 8.88. The number of methoxy groups -OCH3 is 1. The number of amides is 1. The molecule has 0 spiro atoms. The van der Waals surface area contributed by atoms with Crippen LogP contribution in [0.4, 0.5) is 8.78 Å². The molecule has 0 aliphatic heterocycles. The smallest absolute Gasteiger partial charge is 0.320 e. The van der Waals surface area contributed by atoms with Gasteiger partial charge in [0.05, 0.1) is 7.11 Å². The van der Waals surface area contributed by atoms with Gasteiger partial charge in [0.25, 0.3) is 5.91 Å². The Labute approximate surface area is 122 Å². The van der Waals surface area contributed by atoms with E-state index in [4.69, 9.17) is 0 Å². The van der Waals surface area contributed by atoms with Crippen molar-refractivity contribution in [1.82, 2.24) is 5.32 Å². The molecule has 0 aliphatic carbocycles. The Morgan fingerprint density at radius 2 is 2.05 bits per heavy atom. The van der Waals surface area contributed by atoms with Gasteiger partial charge in [0.1, 0.15) is 21.1 Å². The van der Waals surface area contributed by atoms with Crippen LogP contribution in [0.25, 0.3) is 0 Å². The van der Waals surface area contributed by atoms with E-state index in [1.165, 1.54) is 20.1 Å². The van der Waals surface area contributed by atoms with Gasteiger partial charge in [-0.25, -0.2) is 8.78 Å². The Morgan fingerprint density at radius 3 is 2.63 bits per heavy atom. The van der Waals surface area contributed by atoms with Crippen molar-refractivity contribution in [2.75, 3.05) is 13.7 Å². The zero-order valence-corrected chi connectivity index (χ0v) is 12.5. The number of benzene rings is 1. The van der Waals surface area contributed by atoms with Crippen molar-refractivity contribution in [3.05, 3.63) is 34.9 Å². The fourth-order valence-electron chi connectivity index (χ4n) is 1.35. The molecule has 1 N–H and O–H groups in total. The third-order valence-corrected chi connectivity index (χ3v) is 3.36. The summed E-state index contributed by atoms with van der Waals surface area (Å²) in [5.41, 5.74) is -0.473. The highest BCUT2D eigenvalue weighted by molar-refractivity contribution is 14.1. The van der Waals surface area contributed by atoms with Gasteiger partial charge in [0.15, 0.2) is 0 Å². The second kappa shape index (κ2) is 6.78. The maximum atomic E-state index is 13.7. The molecule has 0 saturated carbocycles. The Kier molecular flexibility index (Phi) is 5.64. The number of carbonyl (C=O) groups excluding carboxylic acids is 2. The van der Waals surface area contributed by atoms with Crippen LogP contribution in [0.2, 0.25) is 0 Å². The second-order valence-corrected chi connectivity index (χ2v) is 5.26. The highest BCUT2D eigenvalue weighted by Crippen LogP contribution is 2.16. The third-order valence-electron chi connectivity index (χ3n) is 2.41. The minimum Gasteiger partial charge on any atom is -0.468 e. The molecule has 104 valence electrons. The summed E-state index contributed by atoms with van der Waals surface area (Å²) in [7, 11) is 1.22. The van der Waals surface area contributed by atoms with Gasteiger partial charge in [-0.1, -0.05) is 28.7 Å². The molecule has 1 atom stereocenters. The molecule has 0 saturated heterocycles. The van der Waals surface area contributed by atoms with E-state index in [0.717, 1.165) is 6.07 Å². The van der Waals surface area contributed by atoms with E-state index >= 15 is 0 Å². The number of carbonyl (C=O) groups is 2. The number of nitrogens with one attached hydrogen (secondary N) is 1. The minimum absolute atomic E-state index is 0.0705. The van der Waals surface area contributed by atoms with E-state index in [1.807, 2.05) is 0 Å². The van der Waals surface area contributed by atoms with Gasteiger partial charge < -0.3 is 10.1 Å². The lowest BCUT2D eigenvalue weighted by molar-refractivity contribution is -0.139. The van der Waals surface area contributed by atoms with Crippen LogP contribution >= 0.6 is 22.6 Å². The minimum atomic E-state index is -0.941. The molecule has 1 aromatic carbocycles. The van der Waals surface area contributed by atoms with Gasteiger partial charge >= 0.3 is 5.97 Å². The number of ether oxygens (including phenoxy) is 1. The van der Waals surface area contributed by atoms with Gasteiger partial charge in [0.2, 0.25) is 0 Å². The number of esters is 1. The van der Waals surface area contributed by atoms with E-state index in [2.05, 4.69) is 10.1 Å². The van der Waals surface area contributed by atoms with Crippen LogP contribution in [-0.2, 0) is 9.53 Å². The normalized spacial score (nSPS) is 11.8. The number of hydrogen-bond donors (Lipinski definition) is 1. The van der Waals surface area contributed by atoms with Crippen molar-refractivity contribution in [3.63, 3.8) is 0 Å². The fraction of sp³-hybridized carbons (Fsp3) is 0.333. The Bertz CT molecular complexity index is 508. The van der Waals surface area contributed by atoms with Gasteiger partial charge in [-0.2, -0.15) is 0 Å². The summed E-state index contributed by atoms with van der Waals surface area (Å²) in [6.45, 7) is 1.36. The molecule has 0 aliphatic rings. The molecule has 1 unspecified atom stereocenters. The quantitative estimate of drug-likeness (QED) is 0.492. The topological polar surface area (TPSA) is 55.4 Å². The van der Waals surface area contributed by atoms with Crippen LogP contribution in [0.3, 0.4) is 0 Å². The van der Waals surface area contributed by atoms with Crippen molar-refractivity contribution in [3.8, 4) is 0 Å². The average Bonchev–Trinajstić information content (AvgIpc) is 2.39. The lowest BCUT2D eigenvalue weighted by Gasteiger charge is -2.11. The monoisotopic (exact) mass is 383 g/mol. The lowest BCUT2D eigenvalue weighted by Crippen LogP contribution is -2.34. The largest absolute Gasteiger partial charge is 0.468 e. The number of hydrogen-bond acceptors (Lipinski definition) is 3. The summed E-state index contributed by atoms with van der Waals surface area (Å²) >= 11 is 1.77. The summed E-state index contributed by atoms with van der Waals surface area (Å²) in [6, 6.07) is 2.27. The van der Waals surface area contributed by atoms with Crippen LogP contribution < -0.4 is 5.32 Å². The summed E-state index contributed by atoms with van der Waals surface area (Å²) in [4.78, 5) is 22.8. The maximum absolute atomic E-state index is 13.7. The number of aryl methyl sites for hydroxylation is 1. The molecule has 0 aromatic heterocycles. The van der Waals surface area contributed by atoms with Crippen molar-refractivity contribution in [2.45, 2.75) is 10.8 Å². The molecule has 0 heterocycles. The Hall–Kier alpha value is -1.25. The van der Waals surface area contributed by atoms with E-state index in [9.17, 15) is 18.4 Å². The van der Waals surface area contributed by atoms with Gasteiger partial charge in [-0.15, -0.1) is 0 Å². The first kappa shape index (κ1) is 15.8. The van der Waals surface area contributed by atoms with Gasteiger partial charge in [-0.3, -0.25) is 9.59 Å². The molecule has 1 rings (SSSR count). The van der Waals surface area contributed by atoms with Crippen molar-refractivity contribution >= 4 is 34.5 Å². The number of alkyl halides is 1. The van der Waals surface area contributed by atoms with Crippen LogP contribution in [0.5, 0.6) is 0 Å². The third kappa shape index (κ3) is 3.85. The van der Waals surface area contributed by atoms with E-state index in [1.54, 1.807) is 22.6 Å². The lowest BCUT2D eigenvalue weighted by atomic mass is 10.1.